The van der Waals surface area contributed by atoms with E-state index in [9.17, 15) is 19.5 Å². The van der Waals surface area contributed by atoms with E-state index < -0.39 is 36.0 Å². The number of carbonyl (C=O) groups is 3. The molecule has 2 aromatic carbocycles. The number of carboxylic acid groups (broad SMARTS) is 1. The predicted molar refractivity (Wildman–Crippen MR) is 132 cm³/mol. The van der Waals surface area contributed by atoms with Gasteiger partial charge in [-0.2, -0.15) is 0 Å². The van der Waals surface area contributed by atoms with Crippen LogP contribution in [0.4, 0.5) is 10.5 Å². The van der Waals surface area contributed by atoms with Gasteiger partial charge in [0.25, 0.3) is 0 Å². The number of nitrogens with two attached hydrogens (primary N) is 2. The second kappa shape index (κ2) is 12.8. The zero-order chi connectivity index (χ0) is 26.0. The van der Waals surface area contributed by atoms with Gasteiger partial charge in [0.1, 0.15) is 12.1 Å². The molecule has 0 heterocycles. The van der Waals surface area contributed by atoms with Crippen molar-refractivity contribution in [3.63, 3.8) is 0 Å². The zero-order valence-electron chi connectivity index (χ0n) is 19.9. The van der Waals surface area contributed by atoms with E-state index in [1.807, 2.05) is 26.0 Å². The van der Waals surface area contributed by atoms with E-state index in [2.05, 4.69) is 25.9 Å². The Bertz CT molecular complexity index is 1100. The molecule has 0 aliphatic heterocycles. The van der Waals surface area contributed by atoms with Crippen LogP contribution < -0.4 is 22.1 Å². The molecule has 0 aromatic heterocycles. The van der Waals surface area contributed by atoms with E-state index in [1.54, 1.807) is 43.3 Å². The fraction of sp³-hybridized carbons (Fsp3) is 0.333. The van der Waals surface area contributed by atoms with Crippen molar-refractivity contribution in [2.75, 3.05) is 0 Å². The number of amides is 3. The normalized spacial score (nSPS) is 13.5. The molecule has 0 spiro atoms. The van der Waals surface area contributed by atoms with Gasteiger partial charge in [-0.15, -0.1) is 5.11 Å². The zero-order valence-corrected chi connectivity index (χ0v) is 19.9. The molecule has 11 heteroatoms. The first-order chi connectivity index (χ1) is 16.6. The number of carbonyl (C=O) groups excluding carboxylic acids is 2. The predicted octanol–water partition coefficient (Wildman–Crippen LogP) is 2.33. The van der Waals surface area contributed by atoms with E-state index in [0.717, 1.165) is 16.7 Å². The summed E-state index contributed by atoms with van der Waals surface area (Å²) in [5.74, 6) is -2.33. The van der Waals surface area contributed by atoms with Crippen LogP contribution in [0.1, 0.15) is 30.0 Å². The van der Waals surface area contributed by atoms with Gasteiger partial charge in [-0.25, -0.2) is 14.6 Å². The summed E-state index contributed by atoms with van der Waals surface area (Å²) in [6, 6.07) is 10.1. The first-order valence-electron chi connectivity index (χ1n) is 11.1. The molecule has 35 heavy (non-hydrogen) atoms. The Morgan fingerprint density at radius 2 is 1.69 bits per heavy atom. The number of carboxylic acids is 1. The summed E-state index contributed by atoms with van der Waals surface area (Å²) < 4.78 is 0. The van der Waals surface area contributed by atoms with Crippen molar-refractivity contribution in [3.8, 4) is 0 Å². The maximum absolute atomic E-state index is 13.1. The molecule has 0 aliphatic rings. The van der Waals surface area contributed by atoms with Crippen LogP contribution in [0, 0.1) is 13.8 Å². The molecule has 11 nitrogen and oxygen atoms in total. The molecule has 2 rings (SSSR count). The fourth-order valence-electron chi connectivity index (χ4n) is 3.35. The smallest absolute Gasteiger partial charge is 0.360 e. The number of aliphatic carboxylic acids is 1. The number of aliphatic imine (C=N–C) groups is 1. The topological polar surface area (TPSA) is 185 Å². The quantitative estimate of drug-likeness (QED) is 0.197. The van der Waals surface area contributed by atoms with Crippen LogP contribution in [-0.2, 0) is 16.0 Å². The van der Waals surface area contributed by atoms with Gasteiger partial charge < -0.3 is 27.2 Å². The second-order valence-electron chi connectivity index (χ2n) is 7.96. The van der Waals surface area contributed by atoms with Crippen molar-refractivity contribution in [1.82, 2.24) is 10.6 Å². The van der Waals surface area contributed by atoms with E-state index in [-0.39, 0.29) is 18.8 Å². The minimum absolute atomic E-state index is 0.100. The minimum atomic E-state index is -1.40. The van der Waals surface area contributed by atoms with Crippen molar-refractivity contribution in [1.29, 1.82) is 0 Å². The number of hydrogen-bond donors (Lipinski definition) is 5. The third kappa shape index (κ3) is 8.22. The summed E-state index contributed by atoms with van der Waals surface area (Å²) in [6.07, 6.45) is 0.359. The van der Waals surface area contributed by atoms with Crippen LogP contribution in [-0.4, -0.2) is 47.1 Å². The van der Waals surface area contributed by atoms with Crippen molar-refractivity contribution >= 4 is 29.6 Å². The highest BCUT2D eigenvalue weighted by atomic mass is 16.4. The Morgan fingerprint density at radius 1 is 1.00 bits per heavy atom. The first kappa shape index (κ1) is 27.0. The number of azo groups is 1. The largest absolute Gasteiger partial charge is 0.480 e. The number of aryl methyl sites for hydroxylation is 1. The third-order valence-electron chi connectivity index (χ3n) is 5.40. The molecule has 0 bridgehead atoms. The number of benzene rings is 2. The maximum atomic E-state index is 13.1. The third-order valence-corrected chi connectivity index (χ3v) is 5.40. The highest BCUT2D eigenvalue weighted by Crippen LogP contribution is 2.21. The van der Waals surface area contributed by atoms with E-state index in [4.69, 9.17) is 11.5 Å². The van der Waals surface area contributed by atoms with Gasteiger partial charge in [-0.05, 0) is 43.0 Å². The summed E-state index contributed by atoms with van der Waals surface area (Å²) in [6.45, 7) is 5.47. The summed E-state index contributed by atoms with van der Waals surface area (Å²) in [7, 11) is 0. The van der Waals surface area contributed by atoms with Crippen molar-refractivity contribution in [2.45, 2.75) is 51.7 Å². The SMILES string of the molecule is CCC(N=C(N)N)C(NC(=O)C(Cc1ccccc1)NC(=O)N=Nc1cccc(C)c1C)C(=O)O. The van der Waals surface area contributed by atoms with Gasteiger partial charge >= 0.3 is 12.0 Å². The summed E-state index contributed by atoms with van der Waals surface area (Å²) in [5, 5.41) is 22.3. The molecular formula is C24H31N7O4. The highest BCUT2D eigenvalue weighted by molar-refractivity contribution is 5.91. The molecule has 186 valence electrons. The van der Waals surface area contributed by atoms with Gasteiger partial charge in [0.15, 0.2) is 5.96 Å². The van der Waals surface area contributed by atoms with E-state index in [1.165, 1.54) is 0 Å². The first-order valence-corrected chi connectivity index (χ1v) is 11.1. The molecule has 7 N–H and O–H groups in total. The Hall–Kier alpha value is -4.28. The molecule has 2 aromatic rings. The number of hydrogen-bond acceptors (Lipinski definition) is 5. The summed E-state index contributed by atoms with van der Waals surface area (Å²) >= 11 is 0. The average Bonchev–Trinajstić information content (AvgIpc) is 2.82. The van der Waals surface area contributed by atoms with Crippen LogP contribution in [0.2, 0.25) is 0 Å². The fourth-order valence-corrected chi connectivity index (χ4v) is 3.35. The highest BCUT2D eigenvalue weighted by Gasteiger charge is 2.32. The van der Waals surface area contributed by atoms with Crippen molar-refractivity contribution in [3.05, 3.63) is 65.2 Å². The number of guanidine groups is 1. The molecule has 3 amide bonds. The standard InChI is InChI=1S/C24H31N7O4/c1-4-17(27-23(25)26)20(22(33)34)29-21(32)19(13-16-10-6-5-7-11-16)28-24(35)31-30-18-12-8-9-14(2)15(18)3/h5-12,17,19-20H,4,13H2,1-3H3,(H,28,35)(H,29,32)(H,33,34)(H4,25,26,27). The Kier molecular flexibility index (Phi) is 9.88. The molecule has 0 fully saturated rings. The number of nitrogens with zero attached hydrogens (tertiary/aromatic N) is 3. The van der Waals surface area contributed by atoms with Crippen molar-refractivity contribution < 1.29 is 19.5 Å². The summed E-state index contributed by atoms with van der Waals surface area (Å²) in [4.78, 5) is 41.4. The number of nitrogens with one attached hydrogen (secondary N) is 2. The molecule has 0 saturated heterocycles. The van der Waals surface area contributed by atoms with Crippen LogP contribution >= 0.6 is 0 Å². The Labute approximate surface area is 203 Å². The summed E-state index contributed by atoms with van der Waals surface area (Å²) in [5.41, 5.74) is 14.0. The monoisotopic (exact) mass is 481 g/mol. The maximum Gasteiger partial charge on any atom is 0.360 e. The molecule has 3 unspecified atom stereocenters. The van der Waals surface area contributed by atoms with Gasteiger partial charge in [0.05, 0.1) is 11.7 Å². The van der Waals surface area contributed by atoms with Crippen LogP contribution in [0.3, 0.4) is 0 Å². The van der Waals surface area contributed by atoms with Gasteiger partial charge in [-0.1, -0.05) is 54.5 Å². The van der Waals surface area contributed by atoms with Crippen LogP contribution in [0.25, 0.3) is 0 Å². The molecule has 0 radical (unpaired) electrons. The number of rotatable bonds is 10. The lowest BCUT2D eigenvalue weighted by molar-refractivity contribution is -0.142. The van der Waals surface area contributed by atoms with Crippen LogP contribution in [0.5, 0.6) is 0 Å². The molecule has 3 atom stereocenters. The van der Waals surface area contributed by atoms with Gasteiger partial charge in [0.2, 0.25) is 5.91 Å². The van der Waals surface area contributed by atoms with E-state index in [0.29, 0.717) is 5.69 Å². The van der Waals surface area contributed by atoms with E-state index >= 15 is 0 Å². The minimum Gasteiger partial charge on any atom is -0.480 e. The second-order valence-corrected chi connectivity index (χ2v) is 7.96. The van der Waals surface area contributed by atoms with Crippen molar-refractivity contribution in [2.24, 2.45) is 26.7 Å². The lowest BCUT2D eigenvalue weighted by Crippen LogP contribution is -2.55. The Balaban J connectivity index is 2.25. The van der Waals surface area contributed by atoms with Gasteiger partial charge in [-0.3, -0.25) is 4.79 Å². The molecule has 0 saturated carbocycles. The number of urea groups is 1. The van der Waals surface area contributed by atoms with Crippen LogP contribution in [0.15, 0.2) is 63.8 Å². The van der Waals surface area contributed by atoms with Gasteiger partial charge in [0, 0.05) is 6.42 Å². The Morgan fingerprint density at radius 3 is 2.29 bits per heavy atom. The molecular weight excluding hydrogens is 450 g/mol. The lowest BCUT2D eigenvalue weighted by Gasteiger charge is -2.24. The lowest BCUT2D eigenvalue weighted by atomic mass is 10.0. The average molecular weight is 482 g/mol. The molecule has 0 aliphatic carbocycles.